The van der Waals surface area contributed by atoms with E-state index in [0.717, 1.165) is 16.7 Å². The molecule has 0 aliphatic heterocycles. The monoisotopic (exact) mass is 603 g/mol. The number of carbonyl (C=O) groups is 3. The first-order valence-corrected chi connectivity index (χ1v) is 14.8. The molecule has 236 valence electrons. The number of ether oxygens (including phenoxy) is 2. The number of benzene rings is 3. The van der Waals surface area contributed by atoms with Gasteiger partial charge in [0.05, 0.1) is 24.7 Å². The van der Waals surface area contributed by atoms with Crippen molar-refractivity contribution in [3.05, 3.63) is 108 Å². The van der Waals surface area contributed by atoms with Gasteiger partial charge >= 0.3 is 12.1 Å². The third-order valence-electron chi connectivity index (χ3n) is 6.68. The van der Waals surface area contributed by atoms with Crippen molar-refractivity contribution in [1.29, 1.82) is 0 Å². The molecule has 3 aromatic rings. The number of rotatable bonds is 13. The van der Waals surface area contributed by atoms with Crippen LogP contribution >= 0.6 is 0 Å². The lowest BCUT2D eigenvalue weighted by Gasteiger charge is -2.37. The van der Waals surface area contributed by atoms with E-state index in [9.17, 15) is 19.5 Å². The molecule has 44 heavy (non-hydrogen) atoms. The predicted molar refractivity (Wildman–Crippen MR) is 170 cm³/mol. The van der Waals surface area contributed by atoms with Crippen molar-refractivity contribution in [2.45, 2.75) is 76.8 Å². The van der Waals surface area contributed by atoms with Crippen molar-refractivity contribution in [2.24, 2.45) is 0 Å². The average molecular weight is 604 g/mol. The predicted octanol–water partition coefficient (Wildman–Crippen LogP) is 5.24. The van der Waals surface area contributed by atoms with Gasteiger partial charge in [0.15, 0.2) is 0 Å². The average Bonchev–Trinajstić information content (AvgIpc) is 2.96. The maximum Gasteiger partial charge on any atom is 0.407 e. The van der Waals surface area contributed by atoms with Crippen molar-refractivity contribution in [3.63, 3.8) is 0 Å². The number of hydrogen-bond acceptors (Lipinski definition) is 6. The summed E-state index contributed by atoms with van der Waals surface area (Å²) in [5.74, 6) is -1.67. The minimum Gasteiger partial charge on any atom is -0.480 e. The molecule has 0 aliphatic carbocycles. The SMILES string of the molecule is CC(C)(C)OC[C@@H](CN[C@@H](CC(=O)NC(c1ccccc1)(c1ccccc1)c1ccccc1)C(=O)O)NC(=O)OC(C)(C)C. The minimum absolute atomic E-state index is 0.0285. The molecule has 9 heteroatoms. The van der Waals surface area contributed by atoms with Gasteiger partial charge < -0.3 is 30.5 Å². The molecule has 0 saturated heterocycles. The lowest BCUT2D eigenvalue weighted by Crippen LogP contribution is -2.53. The van der Waals surface area contributed by atoms with Crippen LogP contribution in [-0.2, 0) is 24.6 Å². The van der Waals surface area contributed by atoms with Gasteiger partial charge in [0.2, 0.25) is 5.91 Å². The summed E-state index contributed by atoms with van der Waals surface area (Å²) in [6.07, 6.45) is -1.01. The lowest BCUT2D eigenvalue weighted by molar-refractivity contribution is -0.141. The van der Waals surface area contributed by atoms with E-state index < -0.39 is 46.8 Å². The summed E-state index contributed by atoms with van der Waals surface area (Å²) in [7, 11) is 0. The summed E-state index contributed by atoms with van der Waals surface area (Å²) in [4.78, 5) is 38.7. The number of alkyl carbamates (subject to hydrolysis) is 1. The zero-order chi connectivity index (χ0) is 32.4. The number of carbonyl (C=O) groups excluding carboxylic acids is 2. The molecule has 0 aliphatic rings. The van der Waals surface area contributed by atoms with Crippen LogP contribution in [0.15, 0.2) is 91.0 Å². The Bertz CT molecular complexity index is 1260. The van der Waals surface area contributed by atoms with Gasteiger partial charge in [0.1, 0.15) is 17.2 Å². The van der Waals surface area contributed by atoms with Crippen LogP contribution in [0.25, 0.3) is 0 Å². The Hall–Kier alpha value is -4.21. The highest BCUT2D eigenvalue weighted by Crippen LogP contribution is 2.36. The van der Waals surface area contributed by atoms with E-state index in [4.69, 9.17) is 9.47 Å². The van der Waals surface area contributed by atoms with Crippen LogP contribution in [-0.4, -0.2) is 59.5 Å². The quantitative estimate of drug-likeness (QED) is 0.197. The molecule has 3 aromatic carbocycles. The van der Waals surface area contributed by atoms with Gasteiger partial charge in [0, 0.05) is 6.54 Å². The maximum atomic E-state index is 13.8. The summed E-state index contributed by atoms with van der Waals surface area (Å²) in [5, 5.41) is 19.0. The first kappa shape index (κ1) is 34.3. The molecule has 2 amide bonds. The van der Waals surface area contributed by atoms with Crippen LogP contribution in [0.2, 0.25) is 0 Å². The van der Waals surface area contributed by atoms with Gasteiger partial charge in [-0.1, -0.05) is 91.0 Å². The van der Waals surface area contributed by atoms with E-state index in [1.165, 1.54) is 0 Å². The van der Waals surface area contributed by atoms with E-state index in [0.29, 0.717) is 0 Å². The van der Waals surface area contributed by atoms with Gasteiger partial charge in [-0.05, 0) is 58.2 Å². The van der Waals surface area contributed by atoms with Crippen LogP contribution in [0.4, 0.5) is 4.79 Å². The highest BCUT2D eigenvalue weighted by Gasteiger charge is 2.38. The molecular weight excluding hydrogens is 558 g/mol. The summed E-state index contributed by atoms with van der Waals surface area (Å²) in [5.41, 5.74) is 0.197. The Balaban J connectivity index is 1.86. The number of aliphatic carboxylic acids is 1. The lowest BCUT2D eigenvalue weighted by atomic mass is 9.77. The summed E-state index contributed by atoms with van der Waals surface area (Å²) < 4.78 is 11.3. The molecule has 4 N–H and O–H groups in total. The molecule has 0 saturated carbocycles. The fourth-order valence-electron chi connectivity index (χ4n) is 4.73. The zero-order valence-corrected chi connectivity index (χ0v) is 26.4. The number of hydrogen-bond donors (Lipinski definition) is 4. The first-order valence-electron chi connectivity index (χ1n) is 14.8. The molecule has 0 fully saturated rings. The van der Waals surface area contributed by atoms with Crippen molar-refractivity contribution < 1.29 is 29.0 Å². The van der Waals surface area contributed by atoms with Crippen LogP contribution in [0.5, 0.6) is 0 Å². The van der Waals surface area contributed by atoms with Gasteiger partial charge in [-0.25, -0.2) is 4.79 Å². The van der Waals surface area contributed by atoms with Crippen LogP contribution in [0, 0.1) is 0 Å². The maximum absolute atomic E-state index is 13.8. The highest BCUT2D eigenvalue weighted by molar-refractivity contribution is 5.86. The van der Waals surface area contributed by atoms with Crippen LogP contribution in [0.1, 0.15) is 64.7 Å². The molecule has 0 spiro atoms. The molecule has 0 unspecified atom stereocenters. The van der Waals surface area contributed by atoms with Gasteiger partial charge in [-0.2, -0.15) is 0 Å². The molecule has 0 aromatic heterocycles. The van der Waals surface area contributed by atoms with E-state index in [2.05, 4.69) is 16.0 Å². The minimum atomic E-state index is -1.24. The first-order chi connectivity index (χ1) is 20.7. The second kappa shape index (κ2) is 15.0. The van der Waals surface area contributed by atoms with E-state index >= 15 is 0 Å². The largest absolute Gasteiger partial charge is 0.480 e. The number of amides is 2. The Labute approximate surface area is 260 Å². The van der Waals surface area contributed by atoms with E-state index in [1.807, 2.05) is 112 Å². The zero-order valence-electron chi connectivity index (χ0n) is 26.4. The Morgan fingerprint density at radius 1 is 0.727 bits per heavy atom. The van der Waals surface area contributed by atoms with Gasteiger partial charge in [-0.15, -0.1) is 0 Å². The van der Waals surface area contributed by atoms with Crippen molar-refractivity contribution in [1.82, 2.24) is 16.0 Å². The van der Waals surface area contributed by atoms with Crippen LogP contribution < -0.4 is 16.0 Å². The summed E-state index contributed by atoms with van der Waals surface area (Å²) in [6, 6.07) is 26.9. The van der Waals surface area contributed by atoms with Crippen molar-refractivity contribution >= 4 is 18.0 Å². The normalized spacial score (nSPS) is 13.4. The molecule has 2 atom stereocenters. The fraction of sp³-hybridized carbons (Fsp3) is 0.400. The number of nitrogens with one attached hydrogen (secondary N) is 3. The Morgan fingerprint density at radius 2 is 1.18 bits per heavy atom. The van der Waals surface area contributed by atoms with E-state index in [1.54, 1.807) is 20.8 Å². The Kier molecular flexibility index (Phi) is 11.7. The topological polar surface area (TPSA) is 126 Å². The standard InChI is InChI=1S/C35H45N3O6/c1-33(2,3)43-24-28(37-32(42)44-34(4,5)6)23-36-29(31(40)41)22-30(39)38-35(25-16-10-7-11-17-25,26-18-12-8-13-19-26)27-20-14-9-15-21-27/h7-21,28-29,36H,22-24H2,1-6H3,(H,37,42)(H,38,39)(H,40,41)/t28-,29+/m1/s1. The molecular formula is C35H45N3O6. The molecule has 0 radical (unpaired) electrons. The third kappa shape index (κ3) is 10.2. The molecule has 0 heterocycles. The third-order valence-corrected chi connectivity index (χ3v) is 6.68. The number of carboxylic acid groups (broad SMARTS) is 1. The molecule has 3 rings (SSSR count). The molecule has 9 nitrogen and oxygen atoms in total. The highest BCUT2D eigenvalue weighted by atomic mass is 16.6. The van der Waals surface area contributed by atoms with Gasteiger partial charge in [-0.3, -0.25) is 9.59 Å². The molecule has 0 bridgehead atoms. The van der Waals surface area contributed by atoms with E-state index in [-0.39, 0.29) is 19.6 Å². The smallest absolute Gasteiger partial charge is 0.407 e. The van der Waals surface area contributed by atoms with Gasteiger partial charge in [0.25, 0.3) is 0 Å². The van der Waals surface area contributed by atoms with Crippen molar-refractivity contribution in [3.8, 4) is 0 Å². The number of carboxylic acids is 1. The van der Waals surface area contributed by atoms with Crippen molar-refractivity contribution in [2.75, 3.05) is 13.2 Å². The summed E-state index contributed by atoms with van der Waals surface area (Å²) in [6.45, 7) is 11.0. The second-order valence-corrected chi connectivity index (χ2v) is 12.7. The fourth-order valence-corrected chi connectivity index (χ4v) is 4.73. The second-order valence-electron chi connectivity index (χ2n) is 12.7. The van der Waals surface area contributed by atoms with Crippen LogP contribution in [0.3, 0.4) is 0 Å². The summed E-state index contributed by atoms with van der Waals surface area (Å²) >= 11 is 0. The Morgan fingerprint density at radius 3 is 1.57 bits per heavy atom.